The zero-order valence-electron chi connectivity index (χ0n) is 14.1. The van der Waals surface area contributed by atoms with Gasteiger partial charge in [0.25, 0.3) is 0 Å². The quantitative estimate of drug-likeness (QED) is 0.281. The second-order valence-electron chi connectivity index (χ2n) is 5.04. The molecule has 5 heteroatoms. The molecule has 0 aliphatic heterocycles. The van der Waals surface area contributed by atoms with Gasteiger partial charge in [0.05, 0.1) is 0 Å². The average molecular weight is 418 g/mol. The molecule has 0 aliphatic carbocycles. The van der Waals surface area contributed by atoms with Crippen molar-refractivity contribution in [2.24, 2.45) is 4.99 Å². The smallest absolute Gasteiger partial charge is 0.190 e. The van der Waals surface area contributed by atoms with E-state index in [9.17, 15) is 0 Å². The molecule has 0 heterocycles. The first-order chi connectivity index (χ1) is 10.3. The van der Waals surface area contributed by atoms with Gasteiger partial charge in [-0.1, -0.05) is 44.2 Å². The maximum atomic E-state index is 4.26. The maximum absolute atomic E-state index is 4.26. The van der Waals surface area contributed by atoms with Crippen molar-refractivity contribution < 1.29 is 0 Å². The van der Waals surface area contributed by atoms with Gasteiger partial charge in [0, 0.05) is 20.1 Å². The molecule has 0 aliphatic rings. The summed E-state index contributed by atoms with van der Waals surface area (Å²) < 4.78 is 0. The number of guanidine groups is 1. The van der Waals surface area contributed by atoms with E-state index in [2.05, 4.69) is 58.6 Å². The highest BCUT2D eigenvalue weighted by Gasteiger charge is 2.00. The number of aliphatic imine (C=N–C) groups is 1. The fraction of sp³-hybridized carbons (Fsp3) is 0.588. The van der Waals surface area contributed by atoms with Gasteiger partial charge in [0.2, 0.25) is 0 Å². The van der Waals surface area contributed by atoms with Crippen LogP contribution >= 0.6 is 24.0 Å². The van der Waals surface area contributed by atoms with Gasteiger partial charge in [-0.25, -0.2) is 0 Å². The van der Waals surface area contributed by atoms with Crippen LogP contribution in [0.2, 0.25) is 0 Å². The van der Waals surface area contributed by atoms with Crippen molar-refractivity contribution in [2.45, 2.75) is 26.7 Å². The summed E-state index contributed by atoms with van der Waals surface area (Å²) in [5.74, 6) is 0.894. The Morgan fingerprint density at radius 1 is 1.05 bits per heavy atom. The highest BCUT2D eigenvalue weighted by Crippen LogP contribution is 1.98. The number of hydrogen-bond donors (Lipinski definition) is 2. The van der Waals surface area contributed by atoms with Crippen molar-refractivity contribution in [2.75, 3.05) is 39.8 Å². The molecule has 0 saturated carbocycles. The number of nitrogens with zero attached hydrogens (tertiary/aromatic N) is 2. The maximum Gasteiger partial charge on any atom is 0.190 e. The summed E-state index contributed by atoms with van der Waals surface area (Å²) in [6.45, 7) is 9.67. The largest absolute Gasteiger partial charge is 0.356 e. The van der Waals surface area contributed by atoms with Gasteiger partial charge in [0.1, 0.15) is 0 Å². The zero-order valence-corrected chi connectivity index (χ0v) is 16.5. The van der Waals surface area contributed by atoms with Gasteiger partial charge in [-0.05, 0) is 38.0 Å². The van der Waals surface area contributed by atoms with E-state index in [4.69, 9.17) is 0 Å². The van der Waals surface area contributed by atoms with Crippen molar-refractivity contribution in [1.29, 1.82) is 0 Å². The fourth-order valence-electron chi connectivity index (χ4n) is 2.24. The predicted octanol–water partition coefficient (Wildman–Crippen LogP) is 2.74. The summed E-state index contributed by atoms with van der Waals surface area (Å²) in [5, 5.41) is 6.73. The Labute approximate surface area is 152 Å². The molecule has 0 atom stereocenters. The summed E-state index contributed by atoms with van der Waals surface area (Å²) in [5.41, 5.74) is 1.35. The topological polar surface area (TPSA) is 39.7 Å². The van der Waals surface area contributed by atoms with Gasteiger partial charge in [-0.2, -0.15) is 0 Å². The van der Waals surface area contributed by atoms with E-state index in [1.54, 1.807) is 0 Å². The molecule has 4 nitrogen and oxygen atoms in total. The number of hydrogen-bond acceptors (Lipinski definition) is 2. The van der Waals surface area contributed by atoms with Crippen LogP contribution in [0.3, 0.4) is 0 Å². The van der Waals surface area contributed by atoms with E-state index in [1.165, 1.54) is 5.56 Å². The van der Waals surface area contributed by atoms with Gasteiger partial charge in [-0.3, -0.25) is 4.99 Å². The average Bonchev–Trinajstić information content (AvgIpc) is 2.54. The third-order valence-corrected chi connectivity index (χ3v) is 3.61. The molecule has 1 aromatic rings. The summed E-state index contributed by atoms with van der Waals surface area (Å²) in [4.78, 5) is 6.69. The minimum Gasteiger partial charge on any atom is -0.356 e. The second kappa shape index (κ2) is 13.8. The summed E-state index contributed by atoms with van der Waals surface area (Å²) in [6.07, 6.45) is 2.15. The Bertz CT molecular complexity index is 391. The number of rotatable bonds is 9. The van der Waals surface area contributed by atoms with Crippen LogP contribution in [-0.4, -0.2) is 50.6 Å². The number of halogens is 1. The Kier molecular flexibility index (Phi) is 13.3. The van der Waals surface area contributed by atoms with Crippen molar-refractivity contribution in [3.63, 3.8) is 0 Å². The molecule has 0 amide bonds. The molecule has 1 rings (SSSR count). The van der Waals surface area contributed by atoms with Gasteiger partial charge >= 0.3 is 0 Å². The van der Waals surface area contributed by atoms with Crippen molar-refractivity contribution in [3.8, 4) is 0 Å². The van der Waals surface area contributed by atoms with Gasteiger partial charge < -0.3 is 15.5 Å². The number of benzene rings is 1. The summed E-state index contributed by atoms with van der Waals surface area (Å²) in [6, 6.07) is 10.5. The van der Waals surface area contributed by atoms with Crippen LogP contribution in [0.25, 0.3) is 0 Å². The lowest BCUT2D eigenvalue weighted by Gasteiger charge is -2.18. The minimum atomic E-state index is 0. The highest BCUT2D eigenvalue weighted by molar-refractivity contribution is 14.0. The molecule has 126 valence electrons. The molecule has 0 spiro atoms. The van der Waals surface area contributed by atoms with Crippen LogP contribution in [0, 0.1) is 0 Å². The molecule has 1 aromatic carbocycles. The van der Waals surface area contributed by atoms with E-state index >= 15 is 0 Å². The third-order valence-electron chi connectivity index (χ3n) is 3.61. The molecule has 0 unspecified atom stereocenters. The highest BCUT2D eigenvalue weighted by atomic mass is 127. The second-order valence-corrected chi connectivity index (χ2v) is 5.04. The van der Waals surface area contributed by atoms with E-state index < -0.39 is 0 Å². The molecule has 0 radical (unpaired) electrons. The lowest BCUT2D eigenvalue weighted by atomic mass is 10.1. The molecule has 0 bridgehead atoms. The van der Waals surface area contributed by atoms with E-state index in [0.717, 1.165) is 51.5 Å². The Morgan fingerprint density at radius 2 is 1.68 bits per heavy atom. The minimum absolute atomic E-state index is 0. The van der Waals surface area contributed by atoms with Crippen LogP contribution in [0.15, 0.2) is 35.3 Å². The van der Waals surface area contributed by atoms with Crippen molar-refractivity contribution >= 4 is 29.9 Å². The third kappa shape index (κ3) is 9.25. The molecular weight excluding hydrogens is 387 g/mol. The zero-order chi connectivity index (χ0) is 15.3. The van der Waals surface area contributed by atoms with Crippen LogP contribution in [0.4, 0.5) is 0 Å². The summed E-state index contributed by atoms with van der Waals surface area (Å²) in [7, 11) is 1.82. The van der Waals surface area contributed by atoms with Crippen molar-refractivity contribution in [1.82, 2.24) is 15.5 Å². The van der Waals surface area contributed by atoms with Crippen molar-refractivity contribution in [3.05, 3.63) is 35.9 Å². The Morgan fingerprint density at radius 3 is 2.27 bits per heavy atom. The van der Waals surface area contributed by atoms with Crippen LogP contribution in [0.5, 0.6) is 0 Å². The molecule has 0 aromatic heterocycles. The van der Waals surface area contributed by atoms with Crippen LogP contribution in [0.1, 0.15) is 25.8 Å². The fourth-order valence-corrected chi connectivity index (χ4v) is 2.24. The van der Waals surface area contributed by atoms with E-state index in [0.29, 0.717) is 0 Å². The van der Waals surface area contributed by atoms with Gasteiger partial charge in [-0.15, -0.1) is 24.0 Å². The monoisotopic (exact) mass is 418 g/mol. The standard InChI is InChI=1S/C17H30N4.HI/c1-4-21(5-2)15-9-13-19-17(18-3)20-14-12-16-10-7-6-8-11-16;/h6-8,10-11H,4-5,9,12-15H2,1-3H3,(H2,18,19,20);1H. The first kappa shape index (κ1) is 21.2. The molecule has 0 fully saturated rings. The first-order valence-electron chi connectivity index (χ1n) is 8.01. The van der Waals surface area contributed by atoms with E-state index in [-0.39, 0.29) is 24.0 Å². The predicted molar refractivity (Wildman–Crippen MR) is 107 cm³/mol. The molecule has 2 N–H and O–H groups in total. The number of nitrogens with one attached hydrogen (secondary N) is 2. The van der Waals surface area contributed by atoms with Crippen LogP contribution < -0.4 is 10.6 Å². The first-order valence-corrected chi connectivity index (χ1v) is 8.01. The molecular formula is C17H31IN4. The normalized spacial score (nSPS) is 11.2. The molecule has 22 heavy (non-hydrogen) atoms. The molecule has 0 saturated heterocycles. The Balaban J connectivity index is 0.00000441. The van der Waals surface area contributed by atoms with Crippen LogP contribution in [-0.2, 0) is 6.42 Å². The lowest BCUT2D eigenvalue weighted by molar-refractivity contribution is 0.300. The van der Waals surface area contributed by atoms with Gasteiger partial charge in [0.15, 0.2) is 5.96 Å². The summed E-state index contributed by atoms with van der Waals surface area (Å²) >= 11 is 0. The lowest BCUT2D eigenvalue weighted by Crippen LogP contribution is -2.39. The Hall–Kier alpha value is -0.820. The SMILES string of the molecule is CCN(CC)CCCNC(=NC)NCCc1ccccc1.I. The van der Waals surface area contributed by atoms with E-state index in [1.807, 2.05) is 13.1 Å².